The van der Waals surface area contributed by atoms with Gasteiger partial charge in [-0.1, -0.05) is 54.6 Å². The molecule has 0 fully saturated rings. The van der Waals surface area contributed by atoms with Crippen LogP contribution in [0, 0.1) is 0 Å². The summed E-state index contributed by atoms with van der Waals surface area (Å²) in [7, 11) is 3.99. The summed E-state index contributed by atoms with van der Waals surface area (Å²) in [6, 6.07) is 8.54. The standard InChI is InChI=1S/C18H23ClN4OS/c1-5-12-6-8-13(9-7-12)15(23(2)3)11-20-17(24)16-14(19)10-21-18(22-16)25-4/h6-10,15H,5,11H2,1-4H3,(H,20,24)/t15-/m1/s1. The van der Waals surface area contributed by atoms with E-state index in [-0.39, 0.29) is 22.7 Å². The van der Waals surface area contributed by atoms with Crippen LogP contribution in [0.1, 0.15) is 34.6 Å². The fourth-order valence-corrected chi connectivity index (χ4v) is 2.97. The maximum Gasteiger partial charge on any atom is 0.271 e. The first-order valence-corrected chi connectivity index (χ1v) is 9.66. The zero-order chi connectivity index (χ0) is 18.4. The minimum Gasteiger partial charge on any atom is -0.349 e. The van der Waals surface area contributed by atoms with Gasteiger partial charge >= 0.3 is 0 Å². The maximum atomic E-state index is 12.5. The van der Waals surface area contributed by atoms with E-state index in [1.807, 2.05) is 20.4 Å². The van der Waals surface area contributed by atoms with Crippen molar-refractivity contribution in [2.24, 2.45) is 0 Å². The molecule has 25 heavy (non-hydrogen) atoms. The molecule has 0 saturated carbocycles. The quantitative estimate of drug-likeness (QED) is 0.590. The van der Waals surface area contributed by atoms with E-state index in [4.69, 9.17) is 11.6 Å². The Morgan fingerprint density at radius 1 is 1.32 bits per heavy atom. The third kappa shape index (κ3) is 5.17. The number of aryl methyl sites for hydroxylation is 1. The highest BCUT2D eigenvalue weighted by molar-refractivity contribution is 7.98. The van der Waals surface area contributed by atoms with Crippen molar-refractivity contribution in [2.45, 2.75) is 24.5 Å². The Balaban J connectivity index is 2.11. The summed E-state index contributed by atoms with van der Waals surface area (Å²) < 4.78 is 0. The van der Waals surface area contributed by atoms with Crippen LogP contribution in [0.15, 0.2) is 35.6 Å². The van der Waals surface area contributed by atoms with Crippen LogP contribution >= 0.6 is 23.4 Å². The molecule has 0 aliphatic carbocycles. The molecule has 134 valence electrons. The van der Waals surface area contributed by atoms with E-state index in [0.29, 0.717) is 11.7 Å². The van der Waals surface area contributed by atoms with Gasteiger partial charge < -0.3 is 10.2 Å². The van der Waals surface area contributed by atoms with Crippen LogP contribution < -0.4 is 5.32 Å². The average Bonchev–Trinajstić information content (AvgIpc) is 2.62. The fourth-order valence-electron chi connectivity index (χ4n) is 2.46. The van der Waals surface area contributed by atoms with Crippen molar-refractivity contribution in [3.8, 4) is 0 Å². The van der Waals surface area contributed by atoms with Gasteiger partial charge in [0.2, 0.25) is 0 Å². The monoisotopic (exact) mass is 378 g/mol. The van der Waals surface area contributed by atoms with Gasteiger partial charge in [-0.15, -0.1) is 0 Å². The number of likely N-dealkylation sites (N-methyl/N-ethyl adjacent to an activating group) is 1. The first-order valence-electron chi connectivity index (χ1n) is 8.06. The zero-order valence-electron chi connectivity index (χ0n) is 14.9. The van der Waals surface area contributed by atoms with Crippen molar-refractivity contribution in [2.75, 3.05) is 26.9 Å². The molecule has 0 saturated heterocycles. The molecular weight excluding hydrogens is 356 g/mol. The molecule has 0 bridgehead atoms. The highest BCUT2D eigenvalue weighted by Gasteiger charge is 2.18. The molecule has 2 aromatic rings. The molecule has 0 aliphatic rings. The molecule has 0 aliphatic heterocycles. The van der Waals surface area contributed by atoms with Gasteiger partial charge in [0.25, 0.3) is 5.91 Å². The van der Waals surface area contributed by atoms with Crippen LogP contribution in [-0.2, 0) is 6.42 Å². The third-order valence-corrected chi connectivity index (χ3v) is 4.81. The van der Waals surface area contributed by atoms with E-state index in [9.17, 15) is 4.79 Å². The lowest BCUT2D eigenvalue weighted by atomic mass is 10.0. The number of aromatic nitrogens is 2. The van der Waals surface area contributed by atoms with E-state index in [0.717, 1.165) is 12.0 Å². The third-order valence-electron chi connectivity index (χ3n) is 3.97. The van der Waals surface area contributed by atoms with Crippen LogP contribution in [0.3, 0.4) is 0 Å². The largest absolute Gasteiger partial charge is 0.349 e. The molecular formula is C18H23ClN4OS. The average molecular weight is 379 g/mol. The number of carbonyl (C=O) groups is 1. The molecule has 1 atom stereocenters. The molecule has 0 spiro atoms. The second kappa shape index (κ2) is 9.17. The van der Waals surface area contributed by atoms with Crippen molar-refractivity contribution in [3.05, 3.63) is 52.3 Å². The van der Waals surface area contributed by atoms with Crippen molar-refractivity contribution in [1.82, 2.24) is 20.2 Å². The van der Waals surface area contributed by atoms with Crippen LogP contribution in [0.5, 0.6) is 0 Å². The second-order valence-electron chi connectivity index (χ2n) is 5.84. The van der Waals surface area contributed by atoms with Crippen molar-refractivity contribution >= 4 is 29.3 Å². The molecule has 1 heterocycles. The number of thioether (sulfide) groups is 1. The number of nitrogens with zero attached hydrogens (tertiary/aromatic N) is 3. The van der Waals surface area contributed by atoms with Gasteiger partial charge in [-0.05, 0) is 37.9 Å². The molecule has 0 radical (unpaired) electrons. The Morgan fingerprint density at radius 2 is 2.00 bits per heavy atom. The molecule has 5 nitrogen and oxygen atoms in total. The maximum absolute atomic E-state index is 12.5. The van der Waals surface area contributed by atoms with Crippen LogP contribution in [0.2, 0.25) is 5.02 Å². The molecule has 1 aromatic heterocycles. The first-order chi connectivity index (χ1) is 12.0. The molecule has 0 unspecified atom stereocenters. The Hall–Kier alpha value is -1.63. The number of halogens is 1. The van der Waals surface area contributed by atoms with Crippen molar-refractivity contribution in [3.63, 3.8) is 0 Å². The van der Waals surface area contributed by atoms with Gasteiger partial charge in [0, 0.05) is 6.54 Å². The van der Waals surface area contributed by atoms with Gasteiger partial charge in [-0.3, -0.25) is 4.79 Å². The predicted octanol–water partition coefficient (Wildman–Crippen LogP) is 3.45. The van der Waals surface area contributed by atoms with E-state index in [1.165, 1.54) is 23.5 Å². The Morgan fingerprint density at radius 3 is 2.56 bits per heavy atom. The van der Waals surface area contributed by atoms with Crippen LogP contribution in [-0.4, -0.2) is 47.7 Å². The van der Waals surface area contributed by atoms with Crippen LogP contribution in [0.25, 0.3) is 0 Å². The number of hydrogen-bond donors (Lipinski definition) is 1. The summed E-state index contributed by atoms with van der Waals surface area (Å²) in [5.74, 6) is -0.292. The molecule has 1 aromatic carbocycles. The van der Waals surface area contributed by atoms with Gasteiger partial charge in [0.05, 0.1) is 17.3 Å². The summed E-state index contributed by atoms with van der Waals surface area (Å²) in [6.07, 6.45) is 4.32. The Kier molecular flexibility index (Phi) is 7.23. The van der Waals surface area contributed by atoms with E-state index in [1.54, 1.807) is 0 Å². The van der Waals surface area contributed by atoms with Crippen molar-refractivity contribution < 1.29 is 4.79 Å². The number of rotatable bonds is 7. The lowest BCUT2D eigenvalue weighted by molar-refractivity contribution is 0.0936. The molecule has 1 amide bonds. The normalized spacial score (nSPS) is 12.2. The second-order valence-corrected chi connectivity index (χ2v) is 7.02. The van der Waals surface area contributed by atoms with E-state index < -0.39 is 0 Å². The number of hydrogen-bond acceptors (Lipinski definition) is 5. The predicted molar refractivity (Wildman–Crippen MR) is 103 cm³/mol. The van der Waals surface area contributed by atoms with E-state index in [2.05, 4.69) is 51.4 Å². The Labute approximate surface area is 158 Å². The van der Waals surface area contributed by atoms with Gasteiger partial charge in [-0.2, -0.15) is 0 Å². The van der Waals surface area contributed by atoms with Gasteiger partial charge in [0.1, 0.15) is 0 Å². The first kappa shape index (κ1) is 19.7. The summed E-state index contributed by atoms with van der Waals surface area (Å²) in [6.45, 7) is 2.60. The summed E-state index contributed by atoms with van der Waals surface area (Å²) >= 11 is 7.44. The van der Waals surface area contributed by atoms with Crippen molar-refractivity contribution in [1.29, 1.82) is 0 Å². The molecule has 1 N–H and O–H groups in total. The number of carbonyl (C=O) groups excluding carboxylic acids is 1. The smallest absolute Gasteiger partial charge is 0.271 e. The van der Waals surface area contributed by atoms with Gasteiger partial charge in [-0.25, -0.2) is 9.97 Å². The van der Waals surface area contributed by atoms with E-state index >= 15 is 0 Å². The highest BCUT2D eigenvalue weighted by Crippen LogP contribution is 2.20. The molecule has 2 rings (SSSR count). The number of amides is 1. The zero-order valence-corrected chi connectivity index (χ0v) is 16.5. The highest BCUT2D eigenvalue weighted by atomic mass is 35.5. The van der Waals surface area contributed by atoms with Crippen LogP contribution in [0.4, 0.5) is 0 Å². The lowest BCUT2D eigenvalue weighted by Gasteiger charge is -2.25. The summed E-state index contributed by atoms with van der Waals surface area (Å²) in [5.41, 5.74) is 2.66. The SMILES string of the molecule is CCc1ccc([C@@H](CNC(=O)c2nc(SC)ncc2Cl)N(C)C)cc1. The minimum atomic E-state index is -0.292. The summed E-state index contributed by atoms with van der Waals surface area (Å²) in [5, 5.41) is 3.71. The minimum absolute atomic E-state index is 0.0653. The lowest BCUT2D eigenvalue weighted by Crippen LogP contribution is -2.35. The summed E-state index contributed by atoms with van der Waals surface area (Å²) in [4.78, 5) is 22.8. The number of benzene rings is 1. The molecule has 7 heteroatoms. The topological polar surface area (TPSA) is 58.1 Å². The Bertz CT molecular complexity index is 722. The van der Waals surface area contributed by atoms with Gasteiger partial charge in [0.15, 0.2) is 10.9 Å². The number of nitrogens with one attached hydrogen (secondary N) is 1. The fraction of sp³-hybridized carbons (Fsp3) is 0.389.